The summed E-state index contributed by atoms with van der Waals surface area (Å²) < 4.78 is 0. The number of aryl methyl sites for hydroxylation is 1. The van der Waals surface area contributed by atoms with E-state index in [1.54, 1.807) is 6.20 Å². The zero-order valence-corrected chi connectivity index (χ0v) is 11.6. The van der Waals surface area contributed by atoms with Crippen molar-refractivity contribution in [1.82, 2.24) is 15.0 Å². The highest BCUT2D eigenvalue weighted by Crippen LogP contribution is 2.25. The lowest BCUT2D eigenvalue weighted by molar-refractivity contribution is 0.657. The first-order valence-corrected chi connectivity index (χ1v) is 7.29. The van der Waals surface area contributed by atoms with Gasteiger partial charge in [-0.3, -0.25) is 9.78 Å². The first-order chi connectivity index (χ1) is 10.3. The van der Waals surface area contributed by atoms with E-state index in [-0.39, 0.29) is 5.56 Å². The molecule has 0 amide bonds. The van der Waals surface area contributed by atoms with Crippen molar-refractivity contribution in [2.45, 2.75) is 25.7 Å². The Morgan fingerprint density at radius 3 is 2.86 bits per heavy atom. The molecule has 0 saturated carbocycles. The van der Waals surface area contributed by atoms with Crippen LogP contribution in [0.4, 0.5) is 0 Å². The number of rotatable bonds is 1. The van der Waals surface area contributed by atoms with Crippen LogP contribution in [0.3, 0.4) is 0 Å². The standard InChI is InChI=1S/C17H15N3O/c21-17-12-7-1-2-9-14(12)19-16(20-17)13-8-3-5-11-6-4-10-18-15(11)13/h3-6,8,10H,1-2,7,9H2,(H,19,20,21). The molecule has 0 saturated heterocycles. The molecule has 0 spiro atoms. The Morgan fingerprint density at radius 1 is 1.05 bits per heavy atom. The molecule has 1 aromatic carbocycles. The van der Waals surface area contributed by atoms with Gasteiger partial charge in [-0.05, 0) is 37.8 Å². The largest absolute Gasteiger partial charge is 0.306 e. The number of para-hydroxylation sites is 1. The molecule has 0 aliphatic heterocycles. The number of pyridine rings is 1. The van der Waals surface area contributed by atoms with Gasteiger partial charge in [-0.2, -0.15) is 0 Å². The van der Waals surface area contributed by atoms with E-state index in [0.29, 0.717) is 5.82 Å². The highest BCUT2D eigenvalue weighted by Gasteiger charge is 2.17. The lowest BCUT2D eigenvalue weighted by Gasteiger charge is -2.15. The van der Waals surface area contributed by atoms with E-state index in [1.807, 2.05) is 30.3 Å². The minimum absolute atomic E-state index is 0.00244. The van der Waals surface area contributed by atoms with Crippen molar-refractivity contribution in [3.63, 3.8) is 0 Å². The molecule has 4 rings (SSSR count). The molecule has 3 aromatic rings. The molecule has 0 unspecified atom stereocenters. The normalized spacial score (nSPS) is 14.1. The number of hydrogen-bond acceptors (Lipinski definition) is 3. The zero-order chi connectivity index (χ0) is 14.2. The van der Waals surface area contributed by atoms with Crippen LogP contribution in [0.1, 0.15) is 24.1 Å². The highest BCUT2D eigenvalue weighted by atomic mass is 16.1. The predicted octanol–water partition coefficient (Wildman–Crippen LogP) is 2.86. The second kappa shape index (κ2) is 4.81. The molecule has 2 heterocycles. The molecule has 1 aliphatic carbocycles. The van der Waals surface area contributed by atoms with Crippen molar-refractivity contribution >= 4 is 10.9 Å². The molecule has 2 aromatic heterocycles. The van der Waals surface area contributed by atoms with E-state index in [4.69, 9.17) is 4.98 Å². The van der Waals surface area contributed by atoms with E-state index in [0.717, 1.165) is 53.4 Å². The van der Waals surface area contributed by atoms with Crippen molar-refractivity contribution in [2.24, 2.45) is 0 Å². The lowest BCUT2D eigenvalue weighted by Crippen LogP contribution is -2.21. The van der Waals surface area contributed by atoms with Gasteiger partial charge in [0.25, 0.3) is 5.56 Å². The van der Waals surface area contributed by atoms with Gasteiger partial charge in [0, 0.05) is 22.7 Å². The van der Waals surface area contributed by atoms with Gasteiger partial charge in [0.15, 0.2) is 0 Å². The molecule has 0 atom stereocenters. The van der Waals surface area contributed by atoms with Crippen LogP contribution in [0.2, 0.25) is 0 Å². The van der Waals surface area contributed by atoms with Crippen molar-refractivity contribution < 1.29 is 0 Å². The summed E-state index contributed by atoms with van der Waals surface area (Å²) in [4.78, 5) is 24.4. The highest BCUT2D eigenvalue weighted by molar-refractivity contribution is 5.91. The molecule has 21 heavy (non-hydrogen) atoms. The van der Waals surface area contributed by atoms with Crippen LogP contribution in [0.5, 0.6) is 0 Å². The number of benzene rings is 1. The Balaban J connectivity index is 1.97. The van der Waals surface area contributed by atoms with Crippen molar-refractivity contribution in [3.8, 4) is 11.4 Å². The summed E-state index contributed by atoms with van der Waals surface area (Å²) in [5.74, 6) is 0.630. The summed E-state index contributed by atoms with van der Waals surface area (Å²) >= 11 is 0. The maximum atomic E-state index is 12.3. The maximum Gasteiger partial charge on any atom is 0.254 e. The van der Waals surface area contributed by atoms with Crippen LogP contribution >= 0.6 is 0 Å². The van der Waals surface area contributed by atoms with Gasteiger partial charge in [-0.25, -0.2) is 4.98 Å². The number of H-pyrrole nitrogens is 1. The summed E-state index contributed by atoms with van der Waals surface area (Å²) in [5, 5.41) is 1.05. The van der Waals surface area contributed by atoms with Gasteiger partial charge in [0.1, 0.15) is 5.82 Å². The molecule has 1 N–H and O–H groups in total. The Morgan fingerprint density at radius 2 is 1.90 bits per heavy atom. The van der Waals surface area contributed by atoms with Crippen LogP contribution in [0.15, 0.2) is 41.3 Å². The third-order valence-electron chi connectivity index (χ3n) is 4.08. The summed E-state index contributed by atoms with van der Waals surface area (Å²) in [6, 6.07) is 9.88. The molecule has 0 radical (unpaired) electrons. The summed E-state index contributed by atoms with van der Waals surface area (Å²) in [6.07, 6.45) is 5.68. The topological polar surface area (TPSA) is 58.6 Å². The van der Waals surface area contributed by atoms with E-state index in [1.165, 1.54) is 0 Å². The molecule has 1 aliphatic rings. The third-order valence-corrected chi connectivity index (χ3v) is 4.08. The van der Waals surface area contributed by atoms with Gasteiger partial charge >= 0.3 is 0 Å². The number of nitrogens with zero attached hydrogens (tertiary/aromatic N) is 2. The summed E-state index contributed by atoms with van der Waals surface area (Å²) in [6.45, 7) is 0. The zero-order valence-electron chi connectivity index (χ0n) is 11.6. The molecular weight excluding hydrogens is 262 g/mol. The lowest BCUT2D eigenvalue weighted by atomic mass is 9.97. The number of aromatic nitrogens is 3. The second-order valence-electron chi connectivity index (χ2n) is 5.43. The monoisotopic (exact) mass is 277 g/mol. The van der Waals surface area contributed by atoms with E-state index in [2.05, 4.69) is 9.97 Å². The fourth-order valence-corrected chi connectivity index (χ4v) is 3.03. The van der Waals surface area contributed by atoms with Gasteiger partial charge in [-0.1, -0.05) is 18.2 Å². The van der Waals surface area contributed by atoms with Crippen molar-refractivity contribution in [2.75, 3.05) is 0 Å². The number of hydrogen-bond donors (Lipinski definition) is 1. The Hall–Kier alpha value is -2.49. The fraction of sp³-hybridized carbons (Fsp3) is 0.235. The molecule has 4 heteroatoms. The Kier molecular flexibility index (Phi) is 2.81. The third kappa shape index (κ3) is 2.03. The van der Waals surface area contributed by atoms with Gasteiger partial charge in [-0.15, -0.1) is 0 Å². The van der Waals surface area contributed by atoms with Crippen LogP contribution in [-0.2, 0) is 12.8 Å². The Bertz CT molecular complexity index is 877. The molecular formula is C17H15N3O. The van der Waals surface area contributed by atoms with Gasteiger partial charge < -0.3 is 4.98 Å². The summed E-state index contributed by atoms with van der Waals surface area (Å²) in [5.41, 5.74) is 3.58. The van der Waals surface area contributed by atoms with Crippen LogP contribution in [0.25, 0.3) is 22.3 Å². The summed E-state index contributed by atoms with van der Waals surface area (Å²) in [7, 11) is 0. The number of nitrogens with one attached hydrogen (secondary N) is 1. The van der Waals surface area contributed by atoms with Crippen LogP contribution in [-0.4, -0.2) is 15.0 Å². The smallest absolute Gasteiger partial charge is 0.254 e. The van der Waals surface area contributed by atoms with Crippen LogP contribution < -0.4 is 5.56 Å². The average molecular weight is 277 g/mol. The van der Waals surface area contributed by atoms with Gasteiger partial charge in [0.05, 0.1) is 11.2 Å². The van der Waals surface area contributed by atoms with Gasteiger partial charge in [0.2, 0.25) is 0 Å². The van der Waals surface area contributed by atoms with Crippen LogP contribution in [0, 0.1) is 0 Å². The maximum absolute atomic E-state index is 12.3. The quantitative estimate of drug-likeness (QED) is 0.744. The SMILES string of the molecule is O=c1[nH]c(-c2cccc3cccnc23)nc2c1CCCC2. The first-order valence-electron chi connectivity index (χ1n) is 7.29. The fourth-order valence-electron chi connectivity index (χ4n) is 3.03. The number of aromatic amines is 1. The molecule has 0 bridgehead atoms. The molecule has 4 nitrogen and oxygen atoms in total. The van der Waals surface area contributed by atoms with E-state index < -0.39 is 0 Å². The molecule has 104 valence electrons. The Labute approximate surface area is 121 Å². The average Bonchev–Trinajstić information content (AvgIpc) is 2.54. The second-order valence-corrected chi connectivity index (χ2v) is 5.43. The van der Waals surface area contributed by atoms with E-state index >= 15 is 0 Å². The van der Waals surface area contributed by atoms with Crippen molar-refractivity contribution in [1.29, 1.82) is 0 Å². The first kappa shape index (κ1) is 12.3. The van der Waals surface area contributed by atoms with E-state index in [9.17, 15) is 4.79 Å². The minimum Gasteiger partial charge on any atom is -0.306 e. The van der Waals surface area contributed by atoms with Crippen molar-refractivity contribution in [3.05, 3.63) is 58.1 Å². The predicted molar refractivity (Wildman–Crippen MR) is 82.2 cm³/mol. The minimum atomic E-state index is 0.00244. The number of fused-ring (bicyclic) bond motifs is 2. The molecule has 0 fully saturated rings.